The molecule has 2 N–H and O–H groups in total. The van der Waals surface area contributed by atoms with Crippen LogP contribution in [0, 0.1) is 0 Å². The third kappa shape index (κ3) is 5.21. The number of aryl methyl sites for hydroxylation is 2. The van der Waals surface area contributed by atoms with Crippen LogP contribution in [0.15, 0.2) is 29.3 Å². The van der Waals surface area contributed by atoms with E-state index in [1.54, 1.807) is 7.05 Å². The van der Waals surface area contributed by atoms with E-state index in [9.17, 15) is 0 Å². The molecular weight excluding hydrogens is 348 g/mol. The van der Waals surface area contributed by atoms with Gasteiger partial charge >= 0.3 is 0 Å². The Morgan fingerprint density at radius 2 is 2.00 bits per heavy atom. The maximum atomic E-state index is 5.91. The summed E-state index contributed by atoms with van der Waals surface area (Å²) in [6.07, 6.45) is 6.76. The molecule has 2 aromatic rings. The Bertz CT molecular complexity index is 722. The van der Waals surface area contributed by atoms with Crippen LogP contribution in [0.4, 0.5) is 0 Å². The van der Waals surface area contributed by atoms with E-state index >= 15 is 0 Å². The lowest BCUT2D eigenvalue weighted by Crippen LogP contribution is -2.37. The predicted molar refractivity (Wildman–Crippen MR) is 106 cm³/mol. The Balaban J connectivity index is 1.41. The summed E-state index contributed by atoms with van der Waals surface area (Å²) in [5.74, 6) is 3.08. The van der Waals surface area contributed by atoms with Crippen molar-refractivity contribution in [3.8, 4) is 0 Å². The first-order chi connectivity index (χ1) is 12.8. The highest BCUT2D eigenvalue weighted by Crippen LogP contribution is 2.15. The van der Waals surface area contributed by atoms with Crippen molar-refractivity contribution in [2.75, 3.05) is 13.6 Å². The first kappa shape index (κ1) is 18.7. The van der Waals surface area contributed by atoms with Crippen LogP contribution in [0.3, 0.4) is 0 Å². The zero-order valence-corrected chi connectivity index (χ0v) is 16.1. The van der Waals surface area contributed by atoms with Gasteiger partial charge in [0.15, 0.2) is 5.96 Å². The van der Waals surface area contributed by atoms with Crippen molar-refractivity contribution >= 4 is 17.6 Å². The third-order valence-corrected chi connectivity index (χ3v) is 4.90. The van der Waals surface area contributed by atoms with E-state index in [0.29, 0.717) is 6.54 Å². The van der Waals surface area contributed by atoms with Gasteiger partial charge in [-0.2, -0.15) is 0 Å². The molecule has 7 heteroatoms. The van der Waals surface area contributed by atoms with E-state index in [2.05, 4.69) is 30.4 Å². The number of rotatable bonds is 6. The van der Waals surface area contributed by atoms with Crippen molar-refractivity contribution < 1.29 is 0 Å². The Kier molecular flexibility index (Phi) is 6.89. The Morgan fingerprint density at radius 3 is 2.81 bits per heavy atom. The van der Waals surface area contributed by atoms with Gasteiger partial charge in [0.1, 0.15) is 11.6 Å². The summed E-state index contributed by atoms with van der Waals surface area (Å²) in [5, 5.41) is 16.2. The average molecular weight is 375 g/mol. The van der Waals surface area contributed by atoms with Gasteiger partial charge in [0, 0.05) is 44.5 Å². The van der Waals surface area contributed by atoms with Crippen LogP contribution in [0.2, 0.25) is 5.02 Å². The summed E-state index contributed by atoms with van der Waals surface area (Å²) in [7, 11) is 1.79. The van der Waals surface area contributed by atoms with Crippen LogP contribution in [-0.4, -0.2) is 34.3 Å². The molecule has 0 saturated heterocycles. The molecule has 6 nitrogen and oxygen atoms in total. The van der Waals surface area contributed by atoms with Crippen LogP contribution in [-0.2, 0) is 25.9 Å². The second kappa shape index (κ2) is 9.57. The fourth-order valence-electron chi connectivity index (χ4n) is 3.19. The highest BCUT2D eigenvalue weighted by molar-refractivity contribution is 6.30. The van der Waals surface area contributed by atoms with Crippen LogP contribution in [0.1, 0.15) is 42.9 Å². The molecule has 3 rings (SSSR count). The van der Waals surface area contributed by atoms with Gasteiger partial charge in [-0.3, -0.25) is 4.99 Å². The van der Waals surface area contributed by atoms with Crippen LogP contribution in [0.25, 0.3) is 0 Å². The maximum Gasteiger partial charge on any atom is 0.191 e. The van der Waals surface area contributed by atoms with Crippen LogP contribution in [0.5, 0.6) is 0 Å². The summed E-state index contributed by atoms with van der Waals surface area (Å²) in [4.78, 5) is 4.27. The number of nitrogens with one attached hydrogen (secondary N) is 2. The van der Waals surface area contributed by atoms with Crippen molar-refractivity contribution in [3.63, 3.8) is 0 Å². The number of guanidine groups is 1. The molecule has 1 aromatic heterocycles. The first-order valence-corrected chi connectivity index (χ1v) is 9.74. The van der Waals surface area contributed by atoms with E-state index in [-0.39, 0.29) is 0 Å². The maximum absolute atomic E-state index is 5.91. The minimum absolute atomic E-state index is 0.717. The van der Waals surface area contributed by atoms with Crippen molar-refractivity contribution in [3.05, 3.63) is 46.5 Å². The molecular formula is C19H27ClN6. The van der Waals surface area contributed by atoms with Gasteiger partial charge in [-0.15, -0.1) is 10.2 Å². The summed E-state index contributed by atoms with van der Waals surface area (Å²) >= 11 is 5.91. The Hall–Kier alpha value is -2.08. The first-order valence-electron chi connectivity index (χ1n) is 9.36. The molecule has 0 spiro atoms. The van der Waals surface area contributed by atoms with Crippen molar-refractivity contribution in [2.45, 2.75) is 51.6 Å². The topological polar surface area (TPSA) is 67.1 Å². The van der Waals surface area contributed by atoms with Crippen molar-refractivity contribution in [1.82, 2.24) is 25.4 Å². The smallest absolute Gasteiger partial charge is 0.191 e. The number of hydrogen-bond acceptors (Lipinski definition) is 3. The average Bonchev–Trinajstić information content (AvgIpc) is 2.88. The molecule has 0 bridgehead atoms. The summed E-state index contributed by atoms with van der Waals surface area (Å²) in [6, 6.07) is 7.83. The zero-order valence-electron chi connectivity index (χ0n) is 15.3. The standard InChI is InChI=1S/C19H27ClN6/c1-21-19(23-14-15-8-10-16(20)11-9-15)22-12-5-7-18-25-24-17-6-3-2-4-13-26(17)18/h8-11H,2-7,12-14H2,1H3,(H2,21,22,23). The van der Waals surface area contributed by atoms with E-state index in [4.69, 9.17) is 11.6 Å². The number of nitrogens with zero attached hydrogens (tertiary/aromatic N) is 4. The molecule has 0 atom stereocenters. The SMILES string of the molecule is CN=C(NCCCc1nnc2n1CCCCC2)NCc1ccc(Cl)cc1. The lowest BCUT2D eigenvalue weighted by atomic mass is 10.2. The number of fused-ring (bicyclic) bond motifs is 1. The highest BCUT2D eigenvalue weighted by Gasteiger charge is 2.14. The number of aromatic nitrogens is 3. The van der Waals surface area contributed by atoms with E-state index in [1.807, 2.05) is 24.3 Å². The molecule has 26 heavy (non-hydrogen) atoms. The molecule has 1 aromatic carbocycles. The lowest BCUT2D eigenvalue weighted by molar-refractivity contribution is 0.594. The van der Waals surface area contributed by atoms with Crippen LogP contribution < -0.4 is 10.6 Å². The Morgan fingerprint density at radius 1 is 1.15 bits per heavy atom. The molecule has 1 aliphatic rings. The largest absolute Gasteiger partial charge is 0.356 e. The molecule has 2 heterocycles. The third-order valence-electron chi connectivity index (χ3n) is 4.65. The number of benzene rings is 1. The molecule has 1 aliphatic heterocycles. The number of hydrogen-bond donors (Lipinski definition) is 2. The summed E-state index contributed by atoms with van der Waals surface area (Å²) < 4.78 is 2.32. The Labute approximate surface area is 160 Å². The molecule has 0 saturated carbocycles. The van der Waals surface area contributed by atoms with E-state index in [0.717, 1.165) is 55.0 Å². The fourth-order valence-corrected chi connectivity index (χ4v) is 3.32. The molecule has 0 aliphatic carbocycles. The van der Waals surface area contributed by atoms with Gasteiger partial charge < -0.3 is 15.2 Å². The van der Waals surface area contributed by atoms with E-state index in [1.165, 1.54) is 24.8 Å². The van der Waals surface area contributed by atoms with Gasteiger partial charge in [0.05, 0.1) is 0 Å². The minimum atomic E-state index is 0.717. The summed E-state index contributed by atoms with van der Waals surface area (Å²) in [5.41, 5.74) is 1.17. The summed E-state index contributed by atoms with van der Waals surface area (Å²) in [6.45, 7) is 2.63. The molecule has 0 unspecified atom stereocenters. The monoisotopic (exact) mass is 374 g/mol. The number of aliphatic imine (C=N–C) groups is 1. The van der Waals surface area contributed by atoms with Crippen LogP contribution >= 0.6 is 11.6 Å². The minimum Gasteiger partial charge on any atom is -0.356 e. The number of halogens is 1. The van der Waals surface area contributed by atoms with Gasteiger partial charge in [0.25, 0.3) is 0 Å². The second-order valence-electron chi connectivity index (χ2n) is 6.58. The van der Waals surface area contributed by atoms with Crippen molar-refractivity contribution in [2.24, 2.45) is 4.99 Å². The van der Waals surface area contributed by atoms with Gasteiger partial charge in [-0.05, 0) is 37.0 Å². The highest BCUT2D eigenvalue weighted by atomic mass is 35.5. The van der Waals surface area contributed by atoms with Gasteiger partial charge in [0.2, 0.25) is 0 Å². The molecule has 0 radical (unpaired) electrons. The second-order valence-corrected chi connectivity index (χ2v) is 7.01. The normalized spacial score (nSPS) is 14.6. The van der Waals surface area contributed by atoms with E-state index < -0.39 is 0 Å². The van der Waals surface area contributed by atoms with Crippen molar-refractivity contribution in [1.29, 1.82) is 0 Å². The lowest BCUT2D eigenvalue weighted by Gasteiger charge is -2.12. The fraction of sp³-hybridized carbons (Fsp3) is 0.526. The van der Waals surface area contributed by atoms with Gasteiger partial charge in [-0.25, -0.2) is 0 Å². The van der Waals surface area contributed by atoms with Gasteiger partial charge in [-0.1, -0.05) is 30.2 Å². The molecule has 0 amide bonds. The quantitative estimate of drug-likeness (QED) is 0.463. The zero-order chi connectivity index (χ0) is 18.2. The predicted octanol–water partition coefficient (Wildman–Crippen LogP) is 2.96. The molecule has 0 fully saturated rings. The molecule has 140 valence electrons.